The average Bonchev–Trinajstić information content (AvgIpc) is 3.06. The fourth-order valence-corrected chi connectivity index (χ4v) is 2.11. The van der Waals surface area contributed by atoms with Crippen LogP contribution in [-0.4, -0.2) is 35.8 Å². The van der Waals surface area contributed by atoms with Gasteiger partial charge in [0, 0.05) is 23.9 Å². The molecule has 8 heteroatoms. The Labute approximate surface area is 124 Å². The zero-order chi connectivity index (χ0) is 15.1. The van der Waals surface area contributed by atoms with Crippen LogP contribution in [0.4, 0.5) is 0 Å². The summed E-state index contributed by atoms with van der Waals surface area (Å²) in [4.78, 5) is 23.3. The summed E-state index contributed by atoms with van der Waals surface area (Å²) in [6, 6.07) is 3.51. The van der Waals surface area contributed by atoms with E-state index in [0.717, 1.165) is 24.2 Å². The van der Waals surface area contributed by atoms with Crippen molar-refractivity contribution in [3.8, 4) is 17.3 Å². The molecule has 0 atom stereocenters. The van der Waals surface area contributed by atoms with Gasteiger partial charge in [0.05, 0.1) is 0 Å². The molecule has 1 aliphatic carbocycles. The second kappa shape index (κ2) is 4.76. The smallest absolute Gasteiger partial charge is 0.356 e. The highest BCUT2D eigenvalue weighted by Crippen LogP contribution is 2.38. The van der Waals surface area contributed by atoms with Gasteiger partial charge in [0.1, 0.15) is 12.1 Å². The van der Waals surface area contributed by atoms with E-state index < -0.39 is 5.97 Å². The largest absolute Gasteiger partial charge is 0.476 e. The maximum absolute atomic E-state index is 10.9. The Morgan fingerprint density at radius 1 is 1.36 bits per heavy atom. The molecule has 1 saturated carbocycles. The van der Waals surface area contributed by atoms with Gasteiger partial charge in [0.15, 0.2) is 11.5 Å². The Bertz CT molecular complexity index is 850. The molecule has 0 spiro atoms. The summed E-state index contributed by atoms with van der Waals surface area (Å²) in [5, 5.41) is 12.9. The molecule has 0 radical (unpaired) electrons. The maximum Gasteiger partial charge on any atom is 0.356 e. The van der Waals surface area contributed by atoms with E-state index in [1.54, 1.807) is 18.3 Å². The monoisotopic (exact) mass is 297 g/mol. The second-order valence-corrected chi connectivity index (χ2v) is 5.11. The first kappa shape index (κ1) is 12.7. The van der Waals surface area contributed by atoms with Crippen LogP contribution in [-0.2, 0) is 0 Å². The third-order valence-electron chi connectivity index (χ3n) is 3.44. The molecule has 3 aromatic rings. The highest BCUT2D eigenvalue weighted by molar-refractivity contribution is 5.85. The highest BCUT2D eigenvalue weighted by atomic mass is 16.5. The molecule has 0 aromatic carbocycles. The molecule has 0 aliphatic heterocycles. The summed E-state index contributed by atoms with van der Waals surface area (Å²) in [6.45, 7) is 0. The average molecular weight is 297 g/mol. The number of aromatic carboxylic acids is 1. The van der Waals surface area contributed by atoms with Crippen LogP contribution in [0.15, 0.2) is 35.4 Å². The van der Waals surface area contributed by atoms with Crippen molar-refractivity contribution in [2.45, 2.75) is 18.8 Å². The minimum absolute atomic E-state index is 0.0407. The second-order valence-electron chi connectivity index (χ2n) is 5.11. The number of carbonyl (C=O) groups is 1. The van der Waals surface area contributed by atoms with Crippen LogP contribution in [0.25, 0.3) is 17.3 Å². The van der Waals surface area contributed by atoms with Crippen molar-refractivity contribution in [3.05, 3.63) is 42.4 Å². The Morgan fingerprint density at radius 3 is 2.95 bits per heavy atom. The molecule has 4 rings (SSSR count). The van der Waals surface area contributed by atoms with E-state index in [1.165, 1.54) is 17.1 Å². The molecule has 1 fully saturated rings. The fourth-order valence-electron chi connectivity index (χ4n) is 2.11. The van der Waals surface area contributed by atoms with Gasteiger partial charge in [-0.2, -0.15) is 4.98 Å². The van der Waals surface area contributed by atoms with E-state index in [9.17, 15) is 4.79 Å². The van der Waals surface area contributed by atoms with E-state index in [4.69, 9.17) is 9.63 Å². The molecule has 0 amide bonds. The number of imidazole rings is 1. The summed E-state index contributed by atoms with van der Waals surface area (Å²) in [5.74, 6) is 1.04. The molecule has 0 unspecified atom stereocenters. The molecular formula is C14H11N5O3. The Morgan fingerprint density at radius 2 is 2.23 bits per heavy atom. The number of rotatable bonds is 4. The lowest BCUT2D eigenvalue weighted by atomic mass is 10.2. The lowest BCUT2D eigenvalue weighted by Gasteiger charge is -2.01. The molecule has 3 aromatic heterocycles. The minimum atomic E-state index is -1.08. The van der Waals surface area contributed by atoms with Crippen LogP contribution in [0.2, 0.25) is 0 Å². The van der Waals surface area contributed by atoms with Crippen LogP contribution in [0, 0.1) is 0 Å². The summed E-state index contributed by atoms with van der Waals surface area (Å²) >= 11 is 0. The minimum Gasteiger partial charge on any atom is -0.476 e. The Balaban J connectivity index is 1.67. The van der Waals surface area contributed by atoms with Gasteiger partial charge >= 0.3 is 5.97 Å². The van der Waals surface area contributed by atoms with Gasteiger partial charge in [-0.05, 0) is 25.0 Å². The lowest BCUT2D eigenvalue weighted by molar-refractivity contribution is 0.0691. The molecule has 1 aliphatic rings. The number of hydrogen-bond acceptors (Lipinski definition) is 6. The quantitative estimate of drug-likeness (QED) is 0.783. The first-order valence-electron chi connectivity index (χ1n) is 6.78. The molecule has 8 nitrogen and oxygen atoms in total. The topological polar surface area (TPSA) is 107 Å². The van der Waals surface area contributed by atoms with Crippen molar-refractivity contribution in [3.63, 3.8) is 0 Å². The third-order valence-corrected chi connectivity index (χ3v) is 3.44. The number of hydrogen-bond donors (Lipinski definition) is 1. The molecule has 22 heavy (non-hydrogen) atoms. The highest BCUT2D eigenvalue weighted by Gasteiger charge is 2.29. The van der Waals surface area contributed by atoms with Crippen LogP contribution in [0.3, 0.4) is 0 Å². The van der Waals surface area contributed by atoms with Gasteiger partial charge in [-0.3, -0.25) is 4.57 Å². The van der Waals surface area contributed by atoms with Crippen molar-refractivity contribution >= 4 is 5.97 Å². The normalized spacial score (nSPS) is 14.2. The number of nitrogens with zero attached hydrogens (tertiary/aromatic N) is 5. The van der Waals surface area contributed by atoms with Crippen molar-refractivity contribution in [2.24, 2.45) is 0 Å². The fraction of sp³-hybridized carbons (Fsp3) is 0.214. The first-order valence-corrected chi connectivity index (χ1v) is 6.78. The van der Waals surface area contributed by atoms with E-state index in [-0.39, 0.29) is 5.69 Å². The van der Waals surface area contributed by atoms with Gasteiger partial charge < -0.3 is 9.63 Å². The zero-order valence-electron chi connectivity index (χ0n) is 11.4. The molecule has 0 bridgehead atoms. The van der Waals surface area contributed by atoms with E-state index in [1.807, 2.05) is 0 Å². The third kappa shape index (κ3) is 2.24. The summed E-state index contributed by atoms with van der Waals surface area (Å²) < 4.78 is 6.81. The van der Waals surface area contributed by atoms with Crippen LogP contribution in [0.1, 0.15) is 35.1 Å². The standard InChI is InChI=1S/C14H11N5O3/c20-14(21)10-6-19(7-16-10)11-5-9(3-4-15-11)13-17-12(18-22-13)8-1-2-8/h3-8H,1-2H2,(H,20,21). The van der Waals surface area contributed by atoms with Crippen molar-refractivity contribution in [2.75, 3.05) is 0 Å². The SMILES string of the molecule is O=C(O)c1cn(-c2cc(-c3nc(C4CC4)no3)ccn2)cn1. The van der Waals surface area contributed by atoms with Crippen molar-refractivity contribution < 1.29 is 14.4 Å². The van der Waals surface area contributed by atoms with Crippen LogP contribution in [0.5, 0.6) is 0 Å². The summed E-state index contributed by atoms with van der Waals surface area (Å²) in [7, 11) is 0. The number of pyridine rings is 1. The van der Waals surface area contributed by atoms with Crippen LogP contribution >= 0.6 is 0 Å². The molecule has 3 heterocycles. The summed E-state index contributed by atoms with van der Waals surface area (Å²) in [5.41, 5.74) is 0.691. The molecule has 110 valence electrons. The Hall–Kier alpha value is -3.03. The van der Waals surface area contributed by atoms with Gasteiger partial charge in [-0.15, -0.1) is 0 Å². The van der Waals surface area contributed by atoms with Gasteiger partial charge in [0.25, 0.3) is 5.89 Å². The van der Waals surface area contributed by atoms with Gasteiger partial charge in [0.2, 0.25) is 0 Å². The van der Waals surface area contributed by atoms with Crippen molar-refractivity contribution in [1.29, 1.82) is 0 Å². The van der Waals surface area contributed by atoms with E-state index in [2.05, 4.69) is 20.1 Å². The molecular weight excluding hydrogens is 286 g/mol. The van der Waals surface area contributed by atoms with E-state index >= 15 is 0 Å². The first-order chi connectivity index (χ1) is 10.7. The molecule has 0 saturated heterocycles. The number of carboxylic acids is 1. The lowest BCUT2D eigenvalue weighted by Crippen LogP contribution is -1.97. The predicted octanol–water partition coefficient (Wildman–Crippen LogP) is 1.89. The van der Waals surface area contributed by atoms with E-state index in [0.29, 0.717) is 17.6 Å². The Kier molecular flexibility index (Phi) is 2.75. The predicted molar refractivity (Wildman–Crippen MR) is 73.6 cm³/mol. The summed E-state index contributed by atoms with van der Waals surface area (Å²) in [6.07, 6.45) is 6.62. The molecule has 1 N–H and O–H groups in total. The van der Waals surface area contributed by atoms with Gasteiger partial charge in [-0.25, -0.2) is 14.8 Å². The van der Waals surface area contributed by atoms with Crippen LogP contribution < -0.4 is 0 Å². The number of aromatic nitrogens is 5. The van der Waals surface area contributed by atoms with Gasteiger partial charge in [-0.1, -0.05) is 5.16 Å². The maximum atomic E-state index is 10.9. The zero-order valence-corrected chi connectivity index (χ0v) is 11.4. The van der Waals surface area contributed by atoms with Crippen molar-refractivity contribution in [1.82, 2.24) is 24.7 Å². The number of carboxylic acid groups (broad SMARTS) is 1.